The zero-order valence-corrected chi connectivity index (χ0v) is 19.8. The monoisotopic (exact) mass is 487 g/mol. The number of benzene rings is 2. The Morgan fingerprint density at radius 3 is 2.80 bits per heavy atom. The van der Waals surface area contributed by atoms with Crippen molar-refractivity contribution in [1.82, 2.24) is 30.2 Å². The van der Waals surface area contributed by atoms with Gasteiger partial charge in [-0.25, -0.2) is 0 Å². The van der Waals surface area contributed by atoms with E-state index in [0.717, 1.165) is 22.5 Å². The molecule has 0 unspecified atom stereocenters. The zero-order valence-electron chi connectivity index (χ0n) is 19.1. The lowest BCUT2D eigenvalue weighted by molar-refractivity contribution is 0.302. The maximum Gasteiger partial charge on any atom is 0.253 e. The van der Waals surface area contributed by atoms with Crippen LogP contribution >= 0.6 is 11.6 Å². The molecule has 0 radical (unpaired) electrons. The van der Waals surface area contributed by atoms with Gasteiger partial charge in [-0.2, -0.15) is 4.68 Å². The zero-order chi connectivity index (χ0) is 24.4. The summed E-state index contributed by atoms with van der Waals surface area (Å²) in [6.07, 6.45) is 1.71. The van der Waals surface area contributed by atoms with Crippen LogP contribution in [0.2, 0.25) is 5.02 Å². The first kappa shape index (κ1) is 22.5. The Morgan fingerprint density at radius 2 is 2.03 bits per heavy atom. The van der Waals surface area contributed by atoms with Crippen LogP contribution in [0.15, 0.2) is 71.7 Å². The third-order valence-corrected chi connectivity index (χ3v) is 5.99. The molecule has 0 aliphatic carbocycles. The molecule has 0 aliphatic heterocycles. The summed E-state index contributed by atoms with van der Waals surface area (Å²) in [4.78, 5) is 20.1. The molecule has 176 valence electrons. The van der Waals surface area contributed by atoms with Gasteiger partial charge >= 0.3 is 0 Å². The Kier molecular flexibility index (Phi) is 6.15. The van der Waals surface area contributed by atoms with Crippen LogP contribution in [-0.4, -0.2) is 30.2 Å². The minimum Gasteiger partial charge on any atom is -0.486 e. The third kappa shape index (κ3) is 4.71. The number of hydrogen-bond acceptors (Lipinski definition) is 7. The standard InChI is InChI=1S/C25H22ClN7O2/c1-15(28-18-7-5-8-20(13-18)33-16(2)30-31-32-33)21-12-17-9-10-22(23(26)24(17)29-25(21)34)35-14-19-6-3-4-11-27-19/h3-13,15,28H,14H2,1-2H3,(H,29,34)/t15-/m0/s1. The molecule has 0 bridgehead atoms. The van der Waals surface area contributed by atoms with Crippen LogP contribution < -0.4 is 15.6 Å². The molecule has 3 heterocycles. The van der Waals surface area contributed by atoms with E-state index in [1.54, 1.807) is 16.9 Å². The van der Waals surface area contributed by atoms with E-state index in [0.29, 0.717) is 27.7 Å². The van der Waals surface area contributed by atoms with Crippen molar-refractivity contribution < 1.29 is 4.74 Å². The second-order valence-electron chi connectivity index (χ2n) is 8.06. The lowest BCUT2D eigenvalue weighted by atomic mass is 10.1. The second kappa shape index (κ2) is 9.55. The van der Waals surface area contributed by atoms with E-state index in [1.165, 1.54) is 0 Å². The smallest absolute Gasteiger partial charge is 0.253 e. The summed E-state index contributed by atoms with van der Waals surface area (Å²) in [6.45, 7) is 4.04. The van der Waals surface area contributed by atoms with E-state index in [2.05, 4.69) is 30.8 Å². The predicted octanol–water partition coefficient (Wildman–Crippen LogP) is 4.61. The molecular weight excluding hydrogens is 466 g/mol. The molecule has 35 heavy (non-hydrogen) atoms. The highest BCUT2D eigenvalue weighted by Gasteiger charge is 2.15. The number of pyridine rings is 2. The van der Waals surface area contributed by atoms with Gasteiger partial charge in [-0.05, 0) is 72.8 Å². The number of anilines is 1. The quantitative estimate of drug-likeness (QED) is 0.345. The van der Waals surface area contributed by atoms with E-state index in [1.807, 2.05) is 68.4 Å². The van der Waals surface area contributed by atoms with Gasteiger partial charge in [0.1, 0.15) is 17.4 Å². The molecule has 0 saturated carbocycles. The van der Waals surface area contributed by atoms with E-state index in [4.69, 9.17) is 16.3 Å². The number of aromatic amines is 1. The number of hydrogen-bond donors (Lipinski definition) is 2. The van der Waals surface area contributed by atoms with Crippen LogP contribution in [0.5, 0.6) is 5.75 Å². The average Bonchev–Trinajstić information content (AvgIpc) is 3.30. The van der Waals surface area contributed by atoms with Gasteiger partial charge in [0.15, 0.2) is 5.82 Å². The summed E-state index contributed by atoms with van der Waals surface area (Å²) < 4.78 is 7.48. The topological polar surface area (TPSA) is 111 Å². The Morgan fingerprint density at radius 1 is 1.14 bits per heavy atom. The first-order valence-corrected chi connectivity index (χ1v) is 11.4. The molecule has 2 aromatic carbocycles. The van der Waals surface area contributed by atoms with Crippen molar-refractivity contribution in [3.8, 4) is 11.4 Å². The van der Waals surface area contributed by atoms with Crippen LogP contribution in [0.4, 0.5) is 5.69 Å². The molecule has 9 nitrogen and oxygen atoms in total. The Hall–Kier alpha value is -4.24. The fourth-order valence-corrected chi connectivity index (χ4v) is 4.11. The fraction of sp³-hybridized carbons (Fsp3) is 0.160. The summed E-state index contributed by atoms with van der Waals surface area (Å²) in [5.74, 6) is 1.16. The van der Waals surface area contributed by atoms with E-state index >= 15 is 0 Å². The number of tetrazole rings is 1. The summed E-state index contributed by atoms with van der Waals surface area (Å²) in [5.41, 5.74) is 3.32. The SMILES string of the molecule is Cc1nnnn1-c1cccc(N[C@@H](C)c2cc3ccc(OCc4ccccn4)c(Cl)c3[nH]c2=O)c1. The van der Waals surface area contributed by atoms with Gasteiger partial charge in [0.05, 0.1) is 22.9 Å². The molecule has 3 aromatic heterocycles. The summed E-state index contributed by atoms with van der Waals surface area (Å²) in [7, 11) is 0. The molecule has 2 N–H and O–H groups in total. The van der Waals surface area contributed by atoms with Crippen molar-refractivity contribution in [3.05, 3.63) is 99.3 Å². The number of H-pyrrole nitrogens is 1. The van der Waals surface area contributed by atoms with Gasteiger partial charge in [-0.3, -0.25) is 9.78 Å². The normalized spacial score (nSPS) is 12.0. The Balaban J connectivity index is 1.38. The third-order valence-electron chi connectivity index (χ3n) is 5.62. The Bertz CT molecular complexity index is 1550. The number of aromatic nitrogens is 6. The molecule has 5 aromatic rings. The lowest BCUT2D eigenvalue weighted by Gasteiger charge is -2.17. The molecule has 10 heteroatoms. The molecule has 0 amide bonds. The number of aryl methyl sites for hydroxylation is 1. The highest BCUT2D eigenvalue weighted by Crippen LogP contribution is 2.32. The molecule has 1 atom stereocenters. The van der Waals surface area contributed by atoms with Crippen LogP contribution in [0.3, 0.4) is 0 Å². The highest BCUT2D eigenvalue weighted by atomic mass is 35.5. The second-order valence-corrected chi connectivity index (χ2v) is 8.44. The molecular formula is C25H22ClN7O2. The maximum atomic E-state index is 13.0. The summed E-state index contributed by atoms with van der Waals surface area (Å²) in [5, 5.41) is 16.2. The first-order chi connectivity index (χ1) is 17.0. The molecule has 0 fully saturated rings. The fourth-order valence-electron chi connectivity index (χ4n) is 3.83. The van der Waals surface area contributed by atoms with Crippen molar-refractivity contribution in [2.45, 2.75) is 26.5 Å². The largest absolute Gasteiger partial charge is 0.486 e. The summed E-state index contributed by atoms with van der Waals surface area (Å²) >= 11 is 6.57. The van der Waals surface area contributed by atoms with Crippen LogP contribution in [0, 0.1) is 6.92 Å². The number of nitrogens with one attached hydrogen (secondary N) is 2. The van der Waals surface area contributed by atoms with Crippen molar-refractivity contribution in [2.75, 3.05) is 5.32 Å². The number of halogens is 1. The van der Waals surface area contributed by atoms with Crippen LogP contribution in [-0.2, 0) is 6.61 Å². The van der Waals surface area contributed by atoms with Crippen molar-refractivity contribution in [3.63, 3.8) is 0 Å². The average molecular weight is 488 g/mol. The van der Waals surface area contributed by atoms with Gasteiger partial charge in [-0.1, -0.05) is 23.7 Å². The van der Waals surface area contributed by atoms with Gasteiger partial charge in [0.2, 0.25) is 0 Å². The van der Waals surface area contributed by atoms with Gasteiger partial charge in [-0.15, -0.1) is 5.10 Å². The predicted molar refractivity (Wildman–Crippen MR) is 134 cm³/mol. The number of nitrogens with zero attached hydrogens (tertiary/aromatic N) is 5. The first-order valence-electron chi connectivity index (χ1n) is 11.0. The maximum absolute atomic E-state index is 13.0. The molecule has 5 rings (SSSR count). The van der Waals surface area contributed by atoms with Crippen LogP contribution in [0.25, 0.3) is 16.6 Å². The Labute approximate surface area is 205 Å². The van der Waals surface area contributed by atoms with E-state index in [9.17, 15) is 4.79 Å². The minimum absolute atomic E-state index is 0.228. The highest BCUT2D eigenvalue weighted by molar-refractivity contribution is 6.36. The summed E-state index contributed by atoms with van der Waals surface area (Å²) in [6, 6.07) is 18.5. The lowest BCUT2D eigenvalue weighted by Crippen LogP contribution is -2.19. The number of ether oxygens (including phenoxy) is 1. The van der Waals surface area contributed by atoms with Gasteiger partial charge in [0, 0.05) is 22.8 Å². The van der Waals surface area contributed by atoms with Crippen molar-refractivity contribution in [2.24, 2.45) is 0 Å². The minimum atomic E-state index is -0.271. The van der Waals surface area contributed by atoms with E-state index in [-0.39, 0.29) is 18.2 Å². The van der Waals surface area contributed by atoms with Crippen LogP contribution in [0.1, 0.15) is 30.0 Å². The van der Waals surface area contributed by atoms with E-state index < -0.39 is 0 Å². The van der Waals surface area contributed by atoms with Crippen molar-refractivity contribution in [1.29, 1.82) is 0 Å². The van der Waals surface area contributed by atoms with Gasteiger partial charge in [0.25, 0.3) is 5.56 Å². The number of rotatable bonds is 7. The molecule has 0 aliphatic rings. The number of fused-ring (bicyclic) bond motifs is 1. The molecule has 0 spiro atoms. The van der Waals surface area contributed by atoms with Crippen molar-refractivity contribution >= 4 is 28.2 Å². The molecule has 0 saturated heterocycles. The van der Waals surface area contributed by atoms with Gasteiger partial charge < -0.3 is 15.0 Å².